The van der Waals surface area contributed by atoms with E-state index in [1.165, 1.54) is 12.1 Å². The number of sulfonamides is 1. The van der Waals surface area contributed by atoms with Crippen LogP contribution >= 0.6 is 0 Å². The van der Waals surface area contributed by atoms with Crippen LogP contribution in [0.1, 0.15) is 18.5 Å². The highest BCUT2D eigenvalue weighted by Crippen LogP contribution is 2.24. The fourth-order valence-corrected chi connectivity index (χ4v) is 4.04. The molecule has 2 amide bonds. The van der Waals surface area contributed by atoms with Crippen molar-refractivity contribution >= 4 is 22.0 Å². The Morgan fingerprint density at radius 2 is 1.93 bits per heavy atom. The van der Waals surface area contributed by atoms with E-state index in [1.54, 1.807) is 37.3 Å². The molecule has 1 aliphatic heterocycles. The van der Waals surface area contributed by atoms with Crippen molar-refractivity contribution < 1.29 is 31.9 Å². The number of carbonyl (C=O) groups excluding carboxylic acids is 2. The van der Waals surface area contributed by atoms with Crippen molar-refractivity contribution in [3.05, 3.63) is 59.9 Å². The van der Waals surface area contributed by atoms with Gasteiger partial charge in [0, 0.05) is 0 Å². The molecule has 1 saturated heterocycles. The van der Waals surface area contributed by atoms with Crippen LogP contribution in [0.5, 0.6) is 5.75 Å². The van der Waals surface area contributed by atoms with E-state index < -0.39 is 40.5 Å². The van der Waals surface area contributed by atoms with E-state index in [-0.39, 0.29) is 23.8 Å². The summed E-state index contributed by atoms with van der Waals surface area (Å²) in [4.78, 5) is 24.2. The SMILES string of the molecule is CCOc1ccc(S(=O)(=O)N[C@@H](CN2C(=O)COC2=O)c2ccccc2)cc1F. The van der Waals surface area contributed by atoms with Crippen molar-refractivity contribution in [1.29, 1.82) is 0 Å². The predicted octanol–water partition coefficient (Wildman–Crippen LogP) is 2.22. The van der Waals surface area contributed by atoms with E-state index in [9.17, 15) is 22.4 Å². The van der Waals surface area contributed by atoms with Crippen molar-refractivity contribution in [3.8, 4) is 5.75 Å². The number of benzene rings is 2. The summed E-state index contributed by atoms with van der Waals surface area (Å²) in [5.41, 5.74) is 0.523. The molecule has 0 spiro atoms. The third kappa shape index (κ3) is 4.72. The number of nitrogens with zero attached hydrogens (tertiary/aromatic N) is 1. The van der Waals surface area contributed by atoms with Gasteiger partial charge in [-0.15, -0.1) is 0 Å². The Balaban J connectivity index is 1.89. The van der Waals surface area contributed by atoms with Crippen LogP contribution in [0.4, 0.5) is 9.18 Å². The van der Waals surface area contributed by atoms with Gasteiger partial charge >= 0.3 is 6.09 Å². The average molecular weight is 422 g/mol. The molecule has 3 rings (SSSR count). The highest BCUT2D eigenvalue weighted by molar-refractivity contribution is 7.89. The Morgan fingerprint density at radius 3 is 2.52 bits per heavy atom. The molecular weight excluding hydrogens is 403 g/mol. The second-order valence-electron chi connectivity index (χ2n) is 6.17. The number of carbonyl (C=O) groups is 2. The Morgan fingerprint density at radius 1 is 1.21 bits per heavy atom. The molecule has 1 N–H and O–H groups in total. The summed E-state index contributed by atoms with van der Waals surface area (Å²) in [7, 11) is -4.17. The van der Waals surface area contributed by atoms with E-state index in [1.807, 2.05) is 0 Å². The largest absolute Gasteiger partial charge is 0.491 e. The van der Waals surface area contributed by atoms with Gasteiger partial charge in [0.2, 0.25) is 10.0 Å². The zero-order valence-electron chi connectivity index (χ0n) is 15.5. The van der Waals surface area contributed by atoms with Gasteiger partial charge in [0.15, 0.2) is 18.2 Å². The Labute approximate surface area is 167 Å². The topological polar surface area (TPSA) is 102 Å². The quantitative estimate of drug-likeness (QED) is 0.700. The maximum atomic E-state index is 14.1. The van der Waals surface area contributed by atoms with Crippen molar-refractivity contribution in [1.82, 2.24) is 9.62 Å². The summed E-state index contributed by atoms with van der Waals surface area (Å²) < 4.78 is 52.0. The number of amides is 2. The van der Waals surface area contributed by atoms with E-state index >= 15 is 0 Å². The van der Waals surface area contributed by atoms with Gasteiger partial charge in [-0.05, 0) is 30.7 Å². The molecule has 1 fully saturated rings. The third-order valence-corrected chi connectivity index (χ3v) is 5.69. The first kappa shape index (κ1) is 20.7. The maximum Gasteiger partial charge on any atom is 0.417 e. The van der Waals surface area contributed by atoms with Crippen LogP contribution in [0.15, 0.2) is 53.4 Å². The molecular formula is C19H19FN2O6S. The number of rotatable bonds is 8. The number of hydrogen-bond acceptors (Lipinski definition) is 6. The lowest BCUT2D eigenvalue weighted by atomic mass is 10.1. The van der Waals surface area contributed by atoms with Crippen molar-refractivity contribution in [3.63, 3.8) is 0 Å². The zero-order valence-corrected chi connectivity index (χ0v) is 16.3. The molecule has 29 heavy (non-hydrogen) atoms. The highest BCUT2D eigenvalue weighted by Gasteiger charge is 2.34. The van der Waals surface area contributed by atoms with Crippen LogP contribution in [-0.4, -0.2) is 45.1 Å². The van der Waals surface area contributed by atoms with Crippen molar-refractivity contribution in [2.45, 2.75) is 17.9 Å². The van der Waals surface area contributed by atoms with Crippen molar-refractivity contribution in [2.24, 2.45) is 0 Å². The number of imide groups is 1. The molecule has 8 nitrogen and oxygen atoms in total. The summed E-state index contributed by atoms with van der Waals surface area (Å²) in [5, 5.41) is 0. The molecule has 0 radical (unpaired) electrons. The van der Waals surface area contributed by atoms with E-state index in [2.05, 4.69) is 9.46 Å². The number of nitrogens with one attached hydrogen (secondary N) is 1. The molecule has 0 aromatic heterocycles. The van der Waals surface area contributed by atoms with Gasteiger partial charge in [0.05, 0.1) is 24.1 Å². The number of ether oxygens (including phenoxy) is 2. The molecule has 1 atom stereocenters. The standard InChI is InChI=1S/C19H19FN2O6S/c1-2-27-17-9-8-14(10-15(17)20)29(25,26)21-16(13-6-4-3-5-7-13)11-22-18(23)12-28-19(22)24/h3-10,16,21H,2,11-12H2,1H3/t16-/m0/s1. The number of hydrogen-bond donors (Lipinski definition) is 1. The molecule has 154 valence electrons. The third-order valence-electron chi connectivity index (χ3n) is 4.22. The van der Waals surface area contributed by atoms with Crippen LogP contribution in [0.3, 0.4) is 0 Å². The van der Waals surface area contributed by atoms with Crippen LogP contribution < -0.4 is 9.46 Å². The van der Waals surface area contributed by atoms with Gasteiger partial charge in [0.1, 0.15) is 0 Å². The fraction of sp³-hybridized carbons (Fsp3) is 0.263. The molecule has 0 bridgehead atoms. The molecule has 0 saturated carbocycles. The zero-order chi connectivity index (χ0) is 21.0. The molecule has 0 unspecified atom stereocenters. The Kier molecular flexibility index (Phi) is 6.14. The lowest BCUT2D eigenvalue weighted by molar-refractivity contribution is -0.126. The predicted molar refractivity (Wildman–Crippen MR) is 100 cm³/mol. The van der Waals surface area contributed by atoms with Gasteiger partial charge in [-0.1, -0.05) is 30.3 Å². The van der Waals surface area contributed by atoms with Gasteiger partial charge < -0.3 is 9.47 Å². The Bertz CT molecular complexity index is 997. The van der Waals surface area contributed by atoms with Gasteiger partial charge in [-0.25, -0.2) is 27.2 Å². The summed E-state index contributed by atoms with van der Waals surface area (Å²) in [6, 6.07) is 10.8. The first-order chi connectivity index (χ1) is 13.8. The highest BCUT2D eigenvalue weighted by atomic mass is 32.2. The maximum absolute atomic E-state index is 14.1. The minimum absolute atomic E-state index is 0.0588. The van der Waals surface area contributed by atoms with Gasteiger partial charge in [0.25, 0.3) is 5.91 Å². The van der Waals surface area contributed by atoms with E-state index in [4.69, 9.17) is 4.74 Å². The molecule has 2 aromatic carbocycles. The average Bonchev–Trinajstić information content (AvgIpc) is 3.01. The first-order valence-corrected chi connectivity index (χ1v) is 10.3. The minimum atomic E-state index is -4.17. The molecule has 0 aliphatic carbocycles. The number of cyclic esters (lactones) is 1. The number of halogens is 1. The monoisotopic (exact) mass is 422 g/mol. The summed E-state index contributed by atoms with van der Waals surface area (Å²) in [6.07, 6.45) is -0.845. The van der Waals surface area contributed by atoms with Crippen molar-refractivity contribution in [2.75, 3.05) is 19.8 Å². The van der Waals surface area contributed by atoms with Gasteiger partial charge in [-0.2, -0.15) is 0 Å². The molecule has 10 heteroatoms. The summed E-state index contributed by atoms with van der Waals surface area (Å²) >= 11 is 0. The fourth-order valence-electron chi connectivity index (χ4n) is 2.81. The van der Waals surface area contributed by atoms with E-state index in [0.29, 0.717) is 5.56 Å². The van der Waals surface area contributed by atoms with Crippen LogP contribution in [-0.2, 0) is 19.6 Å². The smallest absolute Gasteiger partial charge is 0.417 e. The lowest BCUT2D eigenvalue weighted by Crippen LogP contribution is -2.40. The molecule has 2 aromatic rings. The van der Waals surface area contributed by atoms with Crippen LogP contribution in [0.2, 0.25) is 0 Å². The second kappa shape index (κ2) is 8.58. The summed E-state index contributed by atoms with van der Waals surface area (Å²) in [6.45, 7) is 1.26. The second-order valence-corrected chi connectivity index (χ2v) is 7.88. The van der Waals surface area contributed by atoms with Crippen LogP contribution in [0.25, 0.3) is 0 Å². The normalized spacial score (nSPS) is 15.3. The van der Waals surface area contributed by atoms with E-state index in [0.717, 1.165) is 11.0 Å². The Hall–Kier alpha value is -2.98. The summed E-state index contributed by atoms with van der Waals surface area (Å²) in [5.74, 6) is -1.44. The molecule has 1 aliphatic rings. The first-order valence-electron chi connectivity index (χ1n) is 8.78. The minimum Gasteiger partial charge on any atom is -0.491 e. The van der Waals surface area contributed by atoms with Crippen LogP contribution in [0, 0.1) is 5.82 Å². The molecule has 1 heterocycles. The van der Waals surface area contributed by atoms with Gasteiger partial charge in [-0.3, -0.25) is 4.79 Å². The lowest BCUT2D eigenvalue weighted by Gasteiger charge is -2.22.